The second-order valence-corrected chi connectivity index (χ2v) is 12.5. The molecule has 2 atom stereocenters. The Hall–Kier alpha value is -1.91. The van der Waals surface area contributed by atoms with Gasteiger partial charge in [0.05, 0.1) is 30.3 Å². The van der Waals surface area contributed by atoms with Crippen LogP contribution < -0.4 is 4.90 Å². The van der Waals surface area contributed by atoms with Gasteiger partial charge in [-0.25, -0.2) is 18.3 Å². The fourth-order valence-corrected chi connectivity index (χ4v) is 6.61. The van der Waals surface area contributed by atoms with Gasteiger partial charge in [0, 0.05) is 20.9 Å². The molecule has 1 aromatic heterocycles. The Morgan fingerprint density at radius 2 is 1.82 bits per heavy atom. The molecule has 1 saturated heterocycles. The normalized spacial score (nSPS) is 21.7. The number of epoxide rings is 1. The number of ether oxygens (including phenoxy) is 1. The molecule has 2 aromatic carbocycles. The van der Waals surface area contributed by atoms with Crippen molar-refractivity contribution in [2.45, 2.75) is 36.4 Å². The van der Waals surface area contributed by atoms with Crippen LogP contribution in [0.5, 0.6) is 0 Å². The number of sulfone groups is 1. The van der Waals surface area contributed by atoms with Crippen molar-refractivity contribution in [1.82, 2.24) is 9.55 Å². The molecule has 3 heterocycles. The maximum Gasteiger partial charge on any atom is 0.260 e. The number of benzene rings is 2. The van der Waals surface area contributed by atoms with Crippen LogP contribution in [0.15, 0.2) is 58.2 Å². The Labute approximate surface area is 215 Å². The number of halogens is 3. The molecule has 2 aliphatic rings. The molecular formula is C23H20BrCl2N3O4S. The number of hydrogen-bond acceptors (Lipinski definition) is 5. The molecule has 0 bridgehead atoms. The van der Waals surface area contributed by atoms with Crippen LogP contribution in [0, 0.1) is 0 Å². The van der Waals surface area contributed by atoms with E-state index in [-0.39, 0.29) is 35.2 Å². The average molecular weight is 585 g/mol. The molecule has 178 valence electrons. The topological polar surface area (TPSA) is 84.8 Å². The summed E-state index contributed by atoms with van der Waals surface area (Å²) in [7, 11) is -3.73. The molecule has 2 aliphatic heterocycles. The van der Waals surface area contributed by atoms with Crippen LogP contribution in [0.3, 0.4) is 0 Å². The summed E-state index contributed by atoms with van der Waals surface area (Å²) in [6.45, 7) is 2.31. The van der Waals surface area contributed by atoms with Crippen LogP contribution in [-0.2, 0) is 31.3 Å². The molecule has 1 fully saturated rings. The van der Waals surface area contributed by atoms with Crippen molar-refractivity contribution in [3.63, 3.8) is 0 Å². The van der Waals surface area contributed by atoms with Crippen molar-refractivity contribution >= 4 is 66.5 Å². The highest BCUT2D eigenvalue weighted by Crippen LogP contribution is 2.44. The van der Waals surface area contributed by atoms with Gasteiger partial charge in [0.2, 0.25) is 5.95 Å². The first-order chi connectivity index (χ1) is 16.1. The predicted octanol–water partition coefficient (Wildman–Crippen LogP) is 5.15. The minimum atomic E-state index is -3.73. The zero-order valence-corrected chi connectivity index (χ0v) is 22.0. The van der Waals surface area contributed by atoms with E-state index in [0.717, 1.165) is 10.0 Å². The number of nitrogens with zero attached hydrogens (tertiary/aromatic N) is 3. The third-order valence-electron chi connectivity index (χ3n) is 6.06. The first kappa shape index (κ1) is 23.8. The van der Waals surface area contributed by atoms with E-state index >= 15 is 0 Å². The monoisotopic (exact) mass is 583 g/mol. The van der Waals surface area contributed by atoms with Crippen LogP contribution in [-0.4, -0.2) is 42.3 Å². The van der Waals surface area contributed by atoms with Gasteiger partial charge in [-0.1, -0.05) is 51.3 Å². The van der Waals surface area contributed by atoms with Gasteiger partial charge in [0.1, 0.15) is 5.54 Å². The van der Waals surface area contributed by atoms with E-state index in [4.69, 9.17) is 27.9 Å². The lowest BCUT2D eigenvalue weighted by Gasteiger charge is -2.26. The van der Waals surface area contributed by atoms with E-state index in [1.165, 1.54) is 15.7 Å². The van der Waals surface area contributed by atoms with Crippen molar-refractivity contribution in [3.05, 3.63) is 68.7 Å². The maximum absolute atomic E-state index is 13.9. The lowest BCUT2D eigenvalue weighted by atomic mass is 9.92. The molecule has 34 heavy (non-hydrogen) atoms. The minimum Gasteiger partial charge on any atom is -0.373 e. The van der Waals surface area contributed by atoms with E-state index in [0.29, 0.717) is 28.8 Å². The number of hydrogen-bond donors (Lipinski definition) is 0. The highest BCUT2D eigenvalue weighted by Gasteiger charge is 2.51. The zero-order chi connectivity index (χ0) is 24.3. The lowest BCUT2D eigenvalue weighted by molar-refractivity contribution is -0.124. The van der Waals surface area contributed by atoms with Crippen molar-refractivity contribution in [2.24, 2.45) is 0 Å². The van der Waals surface area contributed by atoms with Crippen LogP contribution in [0.25, 0.3) is 0 Å². The quantitative estimate of drug-likeness (QED) is 0.359. The number of carbonyl (C=O) groups excluding carboxylic acids is 1. The molecule has 0 spiro atoms. The predicted molar refractivity (Wildman–Crippen MR) is 134 cm³/mol. The Morgan fingerprint density at radius 1 is 1.18 bits per heavy atom. The molecule has 0 N–H and O–H groups in total. The fourth-order valence-electron chi connectivity index (χ4n) is 4.28. The Morgan fingerprint density at radius 3 is 2.44 bits per heavy atom. The van der Waals surface area contributed by atoms with Gasteiger partial charge in [-0.15, -0.1) is 0 Å². The molecule has 0 radical (unpaired) electrons. The highest BCUT2D eigenvalue weighted by molar-refractivity contribution is 9.10. The van der Waals surface area contributed by atoms with Gasteiger partial charge < -0.3 is 4.74 Å². The molecule has 5 rings (SSSR count). The van der Waals surface area contributed by atoms with E-state index in [2.05, 4.69) is 20.9 Å². The second kappa shape index (κ2) is 8.64. The largest absolute Gasteiger partial charge is 0.373 e. The number of amides is 1. The number of anilines is 2. The standard InChI is InChI=1S/C23H20BrCl2N3O4S/c1-23(11-14-2-4-15(24)5-3-14)21(30)28(18-9-16(25)8-17(26)10-18)22-27-12-20(29(22)23)34(31,32)7-6-19-13-33-19/h2-5,8-10,12,19H,6-7,11,13H2,1H3/t19-,23+/m0/s1. The van der Waals surface area contributed by atoms with E-state index in [9.17, 15) is 13.2 Å². The van der Waals surface area contributed by atoms with Gasteiger partial charge in [0.15, 0.2) is 14.9 Å². The molecular weight excluding hydrogens is 565 g/mol. The molecule has 11 heteroatoms. The van der Waals surface area contributed by atoms with Crippen LogP contribution in [0.4, 0.5) is 11.6 Å². The van der Waals surface area contributed by atoms with Crippen LogP contribution in [0.2, 0.25) is 10.0 Å². The summed E-state index contributed by atoms with van der Waals surface area (Å²) in [6.07, 6.45) is 1.95. The lowest BCUT2D eigenvalue weighted by Crippen LogP contribution is -2.42. The smallest absolute Gasteiger partial charge is 0.260 e. The third-order valence-corrected chi connectivity index (χ3v) is 8.73. The first-order valence-corrected chi connectivity index (χ1v) is 13.8. The second-order valence-electron chi connectivity index (χ2n) is 8.64. The molecule has 7 nitrogen and oxygen atoms in total. The summed E-state index contributed by atoms with van der Waals surface area (Å²) < 4.78 is 34.3. The molecule has 1 amide bonds. The molecule has 0 unspecified atom stereocenters. The number of fused-ring (bicyclic) bond motifs is 1. The number of imidazole rings is 1. The number of rotatable bonds is 7. The summed E-state index contributed by atoms with van der Waals surface area (Å²) in [5.74, 6) is -0.197. The molecule has 0 aliphatic carbocycles. The molecule has 3 aromatic rings. The number of aromatic nitrogens is 2. The van der Waals surface area contributed by atoms with Crippen molar-refractivity contribution < 1.29 is 17.9 Å². The van der Waals surface area contributed by atoms with Gasteiger partial charge in [-0.05, 0) is 49.2 Å². The summed E-state index contributed by atoms with van der Waals surface area (Å²) in [5, 5.41) is 0.714. The first-order valence-electron chi connectivity index (χ1n) is 10.6. The van der Waals surface area contributed by atoms with Gasteiger partial charge in [0.25, 0.3) is 5.91 Å². The van der Waals surface area contributed by atoms with Crippen molar-refractivity contribution in [3.8, 4) is 0 Å². The summed E-state index contributed by atoms with van der Waals surface area (Å²) >= 11 is 15.8. The third kappa shape index (κ3) is 4.28. The van der Waals surface area contributed by atoms with Gasteiger partial charge in [-0.3, -0.25) is 9.36 Å². The molecule has 0 saturated carbocycles. The van der Waals surface area contributed by atoms with E-state index in [1.807, 2.05) is 24.3 Å². The van der Waals surface area contributed by atoms with E-state index < -0.39 is 15.4 Å². The fraction of sp³-hybridized carbons (Fsp3) is 0.304. The van der Waals surface area contributed by atoms with E-state index in [1.54, 1.807) is 25.1 Å². The van der Waals surface area contributed by atoms with Crippen LogP contribution >= 0.6 is 39.1 Å². The Balaban J connectivity index is 1.64. The van der Waals surface area contributed by atoms with Gasteiger partial charge in [-0.2, -0.15) is 0 Å². The zero-order valence-electron chi connectivity index (χ0n) is 18.0. The Kier molecular flexibility index (Phi) is 6.05. The highest BCUT2D eigenvalue weighted by atomic mass is 79.9. The van der Waals surface area contributed by atoms with Crippen molar-refractivity contribution in [2.75, 3.05) is 17.3 Å². The SMILES string of the molecule is C[C@@]1(Cc2ccc(Br)cc2)C(=O)N(c2cc(Cl)cc(Cl)c2)c2ncc(S(=O)(=O)CC[C@H]3CO3)n21. The summed E-state index contributed by atoms with van der Waals surface area (Å²) in [4.78, 5) is 19.7. The van der Waals surface area contributed by atoms with Crippen molar-refractivity contribution in [1.29, 1.82) is 0 Å². The minimum absolute atomic E-state index is 0.00624. The average Bonchev–Trinajstić information content (AvgIpc) is 3.45. The Bertz CT molecular complexity index is 1370. The maximum atomic E-state index is 13.9. The summed E-state index contributed by atoms with van der Waals surface area (Å²) in [5.41, 5.74) is 0.0519. The number of carbonyl (C=O) groups is 1. The summed E-state index contributed by atoms with van der Waals surface area (Å²) in [6, 6.07) is 12.3. The van der Waals surface area contributed by atoms with Crippen LogP contribution in [0.1, 0.15) is 18.9 Å². The van der Waals surface area contributed by atoms with Gasteiger partial charge >= 0.3 is 0 Å².